The fraction of sp³-hybridized carbons (Fsp3) is 0.588. The number of ether oxygens (including phenoxy) is 2. The molecule has 0 saturated carbocycles. The zero-order chi connectivity index (χ0) is 23.8. The second-order valence-electron chi connectivity index (χ2n) is 6.48. The molecule has 1 rings (SSSR count). The number of hydrogen-bond acceptors (Lipinski definition) is 10. The van der Waals surface area contributed by atoms with Crippen LogP contribution in [0.1, 0.15) is 10.4 Å². The summed E-state index contributed by atoms with van der Waals surface area (Å²) < 4.78 is 12.2. The van der Waals surface area contributed by atoms with Crippen LogP contribution in [-0.4, -0.2) is 106 Å². The molecule has 8 N–H and O–H groups in total. The van der Waals surface area contributed by atoms with Crippen molar-refractivity contribution in [3.63, 3.8) is 0 Å². The molecule has 0 aliphatic carbocycles. The fourth-order valence-corrected chi connectivity index (χ4v) is 6.39. The van der Waals surface area contributed by atoms with Gasteiger partial charge >= 0.3 is 0 Å². The van der Waals surface area contributed by atoms with Gasteiger partial charge in [-0.3, -0.25) is 4.79 Å². The zero-order valence-corrected chi connectivity index (χ0v) is 22.6. The second kappa shape index (κ2) is 13.8. The molecule has 2 unspecified atom stereocenters. The van der Waals surface area contributed by atoms with Crippen molar-refractivity contribution in [2.75, 3.05) is 46.2 Å². The molecule has 2 atom stereocenters. The van der Waals surface area contributed by atoms with Crippen molar-refractivity contribution in [1.29, 1.82) is 0 Å². The highest BCUT2D eigenvalue weighted by molar-refractivity contribution is 14.1. The van der Waals surface area contributed by atoms with Gasteiger partial charge in [-0.25, -0.2) is 0 Å². The SMILES string of the molecule is O=C(NC(CO)(CO)CO)c1c(I)c(OCC(O)CO)c(I)c(OCC(O)CO)c1I. The third-order valence-corrected chi connectivity index (χ3v) is 7.05. The van der Waals surface area contributed by atoms with Crippen LogP contribution in [0.4, 0.5) is 0 Å². The minimum atomic E-state index is -1.67. The van der Waals surface area contributed by atoms with Gasteiger partial charge in [0.05, 0.1) is 49.3 Å². The highest BCUT2D eigenvalue weighted by Gasteiger charge is 2.34. The molecule has 11 nitrogen and oxygen atoms in total. The van der Waals surface area contributed by atoms with Crippen LogP contribution in [0.3, 0.4) is 0 Å². The molecule has 1 amide bonds. The minimum absolute atomic E-state index is 0.0447. The Morgan fingerprint density at radius 2 is 1.19 bits per heavy atom. The first-order valence-electron chi connectivity index (χ1n) is 8.80. The molecule has 0 radical (unpaired) electrons. The number of nitrogens with one attached hydrogen (secondary N) is 1. The first kappa shape index (κ1) is 29.2. The van der Waals surface area contributed by atoms with E-state index in [-0.39, 0.29) is 30.3 Å². The van der Waals surface area contributed by atoms with Crippen molar-refractivity contribution in [1.82, 2.24) is 5.32 Å². The number of carbonyl (C=O) groups is 1. The largest absolute Gasteiger partial charge is 0.488 e. The Hall–Kier alpha value is 0.200. The normalized spacial score (nSPS) is 13.6. The van der Waals surface area contributed by atoms with E-state index in [1.54, 1.807) is 0 Å². The van der Waals surface area contributed by atoms with E-state index in [9.17, 15) is 30.3 Å². The van der Waals surface area contributed by atoms with Gasteiger partial charge in [-0.15, -0.1) is 0 Å². The Morgan fingerprint density at radius 3 is 1.52 bits per heavy atom. The summed E-state index contributed by atoms with van der Waals surface area (Å²) in [6, 6.07) is 0. The first-order valence-corrected chi connectivity index (χ1v) is 12.0. The Morgan fingerprint density at radius 1 is 0.806 bits per heavy atom. The lowest BCUT2D eigenvalue weighted by molar-refractivity contribution is 0.0372. The summed E-state index contributed by atoms with van der Waals surface area (Å²) in [5.74, 6) is -0.423. The maximum absolute atomic E-state index is 13.0. The highest BCUT2D eigenvalue weighted by Crippen LogP contribution is 2.42. The zero-order valence-electron chi connectivity index (χ0n) is 16.1. The summed E-state index contributed by atoms with van der Waals surface area (Å²) in [6.07, 6.45) is -2.34. The van der Waals surface area contributed by atoms with E-state index in [4.69, 9.17) is 19.7 Å². The van der Waals surface area contributed by atoms with E-state index < -0.39 is 56.7 Å². The van der Waals surface area contributed by atoms with Crippen LogP contribution >= 0.6 is 67.8 Å². The molecular weight excluding hydrogens is 759 g/mol. The van der Waals surface area contributed by atoms with Gasteiger partial charge in [0, 0.05) is 0 Å². The topological polar surface area (TPSA) is 189 Å². The summed E-state index contributed by atoms with van der Waals surface area (Å²) in [6.45, 7) is -3.80. The molecule has 1 aromatic rings. The number of benzene rings is 1. The Labute approximate surface area is 219 Å². The predicted molar refractivity (Wildman–Crippen MR) is 133 cm³/mol. The van der Waals surface area contributed by atoms with Crippen LogP contribution in [0.15, 0.2) is 0 Å². The number of aliphatic hydroxyl groups is 7. The number of aliphatic hydroxyl groups excluding tert-OH is 7. The average molecular weight is 783 g/mol. The number of rotatable bonds is 13. The van der Waals surface area contributed by atoms with Gasteiger partial charge in [0.2, 0.25) is 0 Å². The Kier molecular flexibility index (Phi) is 13.0. The van der Waals surface area contributed by atoms with E-state index in [0.29, 0.717) is 10.7 Å². The lowest BCUT2D eigenvalue weighted by Crippen LogP contribution is -2.57. The van der Waals surface area contributed by atoms with Gasteiger partial charge in [0.25, 0.3) is 5.91 Å². The van der Waals surface area contributed by atoms with Gasteiger partial charge < -0.3 is 50.5 Å². The maximum Gasteiger partial charge on any atom is 0.254 e. The number of amides is 1. The van der Waals surface area contributed by atoms with E-state index in [0.717, 1.165) is 0 Å². The number of hydrogen-bond donors (Lipinski definition) is 8. The maximum atomic E-state index is 13.0. The Bertz CT molecular complexity index is 698. The number of carbonyl (C=O) groups excluding carboxylic acids is 1. The van der Waals surface area contributed by atoms with Gasteiger partial charge in [-0.1, -0.05) is 0 Å². The molecule has 31 heavy (non-hydrogen) atoms. The van der Waals surface area contributed by atoms with Crippen LogP contribution in [0.25, 0.3) is 0 Å². The second-order valence-corrected chi connectivity index (χ2v) is 9.72. The average Bonchev–Trinajstić information content (AvgIpc) is 2.76. The third kappa shape index (κ3) is 7.60. The van der Waals surface area contributed by atoms with Gasteiger partial charge in [-0.05, 0) is 67.8 Å². The molecule has 0 spiro atoms. The van der Waals surface area contributed by atoms with E-state index in [1.807, 2.05) is 67.8 Å². The summed E-state index contributed by atoms with van der Waals surface area (Å²) in [5.41, 5.74) is -1.63. The van der Waals surface area contributed by atoms with Crippen LogP contribution in [0, 0.1) is 10.7 Å². The number of halogens is 3. The minimum Gasteiger partial charge on any atom is -0.488 e. The molecule has 0 saturated heterocycles. The van der Waals surface area contributed by atoms with Crippen molar-refractivity contribution in [2.24, 2.45) is 0 Å². The lowest BCUT2D eigenvalue weighted by atomic mass is 10.0. The van der Waals surface area contributed by atoms with E-state index >= 15 is 0 Å². The van der Waals surface area contributed by atoms with Crippen molar-refractivity contribution in [2.45, 2.75) is 17.7 Å². The van der Waals surface area contributed by atoms with Crippen LogP contribution < -0.4 is 14.8 Å². The monoisotopic (exact) mass is 783 g/mol. The molecule has 1 aromatic carbocycles. The predicted octanol–water partition coefficient (Wildman–Crippen LogP) is -1.59. The highest BCUT2D eigenvalue weighted by atomic mass is 127. The molecular formula is C17H24I3NO10. The molecule has 0 fully saturated rings. The molecule has 0 aliphatic rings. The van der Waals surface area contributed by atoms with Gasteiger partial charge in [0.1, 0.15) is 31.0 Å². The molecule has 0 heterocycles. The quantitative estimate of drug-likeness (QED) is 0.109. The van der Waals surface area contributed by atoms with E-state index in [2.05, 4.69) is 5.32 Å². The smallest absolute Gasteiger partial charge is 0.254 e. The third-order valence-electron chi connectivity index (χ3n) is 4.01. The Balaban J connectivity index is 3.51. The molecule has 0 bridgehead atoms. The molecule has 14 heteroatoms. The fourth-order valence-electron chi connectivity index (χ4n) is 2.11. The van der Waals surface area contributed by atoms with Crippen LogP contribution in [-0.2, 0) is 0 Å². The van der Waals surface area contributed by atoms with Gasteiger partial charge in [-0.2, -0.15) is 0 Å². The van der Waals surface area contributed by atoms with Crippen molar-refractivity contribution >= 4 is 73.7 Å². The lowest BCUT2D eigenvalue weighted by Gasteiger charge is -2.29. The first-order chi connectivity index (χ1) is 14.6. The van der Waals surface area contributed by atoms with Crippen molar-refractivity contribution in [3.8, 4) is 11.5 Å². The summed E-state index contributed by atoms with van der Waals surface area (Å²) in [4.78, 5) is 13.0. The molecule has 0 aliphatic heterocycles. The van der Waals surface area contributed by atoms with E-state index in [1.165, 1.54) is 0 Å². The van der Waals surface area contributed by atoms with Crippen LogP contribution in [0.5, 0.6) is 11.5 Å². The summed E-state index contributed by atoms with van der Waals surface area (Å²) in [7, 11) is 0. The van der Waals surface area contributed by atoms with Crippen LogP contribution in [0.2, 0.25) is 0 Å². The summed E-state index contributed by atoms with van der Waals surface area (Å²) in [5, 5.41) is 68.3. The molecule has 178 valence electrons. The summed E-state index contributed by atoms with van der Waals surface area (Å²) >= 11 is 5.60. The van der Waals surface area contributed by atoms with Crippen molar-refractivity contribution < 1.29 is 50.0 Å². The van der Waals surface area contributed by atoms with Gasteiger partial charge in [0.15, 0.2) is 11.5 Å². The standard InChI is InChI=1S/C17H24I3NO10/c18-11-10(16(29)21-17(5-24,6-25)7-26)12(19)15(31-4-9(28)2-23)13(20)14(11)30-3-8(27)1-22/h8-9,22-28H,1-7H2,(H,21,29). The van der Waals surface area contributed by atoms with Crippen molar-refractivity contribution in [3.05, 3.63) is 16.3 Å². The molecule has 0 aromatic heterocycles.